The molecule has 10 heteroatoms. The van der Waals surface area contributed by atoms with E-state index in [1.807, 2.05) is 6.92 Å². The average molecular weight is 563 g/mol. The number of hydrogen-bond donors (Lipinski definition) is 0. The van der Waals surface area contributed by atoms with Gasteiger partial charge in [0.1, 0.15) is 5.75 Å². The third-order valence-electron chi connectivity index (χ3n) is 6.40. The number of hydrogen-bond acceptors (Lipinski definition) is 4. The molecule has 2 aromatic rings. The second kappa shape index (κ2) is 16.0. The Morgan fingerprint density at radius 3 is 1.72 bits per heavy atom. The molecule has 4 nitrogen and oxygen atoms in total. The topological polar surface area (TPSA) is 44.2 Å². The van der Waals surface area contributed by atoms with Crippen LogP contribution in [0, 0.1) is 0 Å². The summed E-state index contributed by atoms with van der Waals surface area (Å²) in [4.78, 5) is 8.57. The minimum Gasteiger partial charge on any atom is -0.428 e. The number of ether oxygens (including phenoxy) is 2. The van der Waals surface area contributed by atoms with E-state index in [0.29, 0.717) is 24.2 Å². The Hall–Kier alpha value is -2.36. The van der Waals surface area contributed by atoms with Gasteiger partial charge < -0.3 is 9.47 Å². The van der Waals surface area contributed by atoms with Crippen LogP contribution in [0.25, 0.3) is 11.4 Å². The maximum Gasteiger partial charge on any atom is 0.473 e. The fourth-order valence-corrected chi connectivity index (χ4v) is 3.97. The number of rotatable bonds is 20. The van der Waals surface area contributed by atoms with E-state index >= 15 is 0 Å². The van der Waals surface area contributed by atoms with Crippen molar-refractivity contribution < 1.29 is 35.8 Å². The van der Waals surface area contributed by atoms with Crippen LogP contribution in [0.5, 0.6) is 5.75 Å². The standard InChI is InChI=1S/C29H40F6N2O2/c1-3-5-7-9-10-11-12-13-15-23-21-36-26(37-22-23)24-16-18-25(19-17-24)39-29(34,35)27(30,31)28(32,33)38-20-14-8-6-4-2/h16-19,21-22H,3-15,20H2,1-2H3. The molecule has 0 saturated carbocycles. The summed E-state index contributed by atoms with van der Waals surface area (Å²) in [6.45, 7) is 3.30. The van der Waals surface area contributed by atoms with E-state index in [-0.39, 0.29) is 6.42 Å². The van der Waals surface area contributed by atoms with Crippen LogP contribution >= 0.6 is 0 Å². The van der Waals surface area contributed by atoms with Crippen LogP contribution in [0.2, 0.25) is 0 Å². The molecule has 0 unspecified atom stereocenters. The number of nitrogens with zero attached hydrogens (tertiary/aromatic N) is 2. The Bertz CT molecular complexity index is 940. The average Bonchev–Trinajstić information content (AvgIpc) is 2.90. The minimum absolute atomic E-state index is 0.0512. The van der Waals surface area contributed by atoms with Crippen molar-refractivity contribution in [3.8, 4) is 17.1 Å². The highest BCUT2D eigenvalue weighted by Crippen LogP contribution is 2.47. The molecule has 0 aliphatic heterocycles. The number of halogens is 6. The Labute approximate surface area is 227 Å². The third kappa shape index (κ3) is 10.3. The summed E-state index contributed by atoms with van der Waals surface area (Å²) in [5, 5.41) is 0. The molecule has 0 fully saturated rings. The summed E-state index contributed by atoms with van der Waals surface area (Å²) < 4.78 is 91.9. The van der Waals surface area contributed by atoms with Gasteiger partial charge in [0.25, 0.3) is 0 Å². The highest BCUT2D eigenvalue weighted by molar-refractivity contribution is 5.55. The number of aryl methyl sites for hydroxylation is 1. The van der Waals surface area contributed by atoms with Gasteiger partial charge in [-0.05, 0) is 49.1 Å². The molecule has 0 bridgehead atoms. The normalized spacial score (nSPS) is 12.6. The number of benzene rings is 1. The van der Waals surface area contributed by atoms with Crippen molar-refractivity contribution in [2.45, 2.75) is 115 Å². The SMILES string of the molecule is CCCCCCCCCCc1cnc(-c2ccc(OC(F)(F)C(F)(F)C(F)(F)OCCCCCC)cc2)nc1. The Morgan fingerprint density at radius 1 is 0.641 bits per heavy atom. The van der Waals surface area contributed by atoms with Crippen LogP contribution in [-0.4, -0.2) is 34.7 Å². The van der Waals surface area contributed by atoms with E-state index in [1.165, 1.54) is 50.7 Å². The zero-order chi connectivity index (χ0) is 28.8. The molecule has 1 heterocycles. The van der Waals surface area contributed by atoms with Crippen molar-refractivity contribution >= 4 is 0 Å². The number of aromatic nitrogens is 2. The van der Waals surface area contributed by atoms with Gasteiger partial charge in [0, 0.05) is 18.0 Å². The monoisotopic (exact) mass is 562 g/mol. The first-order valence-electron chi connectivity index (χ1n) is 13.9. The van der Waals surface area contributed by atoms with Gasteiger partial charge in [-0.1, -0.05) is 78.1 Å². The molecule has 0 amide bonds. The van der Waals surface area contributed by atoms with Crippen LogP contribution in [-0.2, 0) is 11.2 Å². The first-order chi connectivity index (χ1) is 18.5. The van der Waals surface area contributed by atoms with E-state index in [2.05, 4.69) is 26.4 Å². The van der Waals surface area contributed by atoms with Crippen LogP contribution in [0.1, 0.15) is 96.5 Å². The van der Waals surface area contributed by atoms with Crippen LogP contribution in [0.3, 0.4) is 0 Å². The largest absolute Gasteiger partial charge is 0.473 e. The van der Waals surface area contributed by atoms with Gasteiger partial charge in [0.2, 0.25) is 0 Å². The molecule has 0 aliphatic rings. The molecule has 39 heavy (non-hydrogen) atoms. The van der Waals surface area contributed by atoms with Gasteiger partial charge in [0.05, 0.1) is 6.61 Å². The second-order valence-corrected chi connectivity index (χ2v) is 9.78. The lowest BCUT2D eigenvalue weighted by atomic mass is 10.1. The quantitative estimate of drug-likeness (QED) is 0.119. The van der Waals surface area contributed by atoms with E-state index in [4.69, 9.17) is 0 Å². The molecule has 0 spiro atoms. The summed E-state index contributed by atoms with van der Waals surface area (Å²) in [6.07, 6.45) is 4.98. The summed E-state index contributed by atoms with van der Waals surface area (Å²) in [5.41, 5.74) is 1.40. The summed E-state index contributed by atoms with van der Waals surface area (Å²) in [5.74, 6) is -6.30. The molecule has 1 aromatic heterocycles. The lowest BCUT2D eigenvalue weighted by Gasteiger charge is -2.31. The van der Waals surface area contributed by atoms with Crippen molar-refractivity contribution in [3.05, 3.63) is 42.2 Å². The smallest absolute Gasteiger partial charge is 0.428 e. The first-order valence-corrected chi connectivity index (χ1v) is 13.9. The number of unbranched alkanes of at least 4 members (excludes halogenated alkanes) is 10. The van der Waals surface area contributed by atoms with E-state index < -0.39 is 30.5 Å². The van der Waals surface area contributed by atoms with Gasteiger partial charge in [-0.3, -0.25) is 0 Å². The van der Waals surface area contributed by atoms with Crippen LogP contribution in [0.15, 0.2) is 36.7 Å². The van der Waals surface area contributed by atoms with E-state index in [0.717, 1.165) is 43.4 Å². The van der Waals surface area contributed by atoms with Crippen LogP contribution in [0.4, 0.5) is 26.3 Å². The van der Waals surface area contributed by atoms with Gasteiger partial charge >= 0.3 is 18.1 Å². The Balaban J connectivity index is 1.88. The molecule has 0 radical (unpaired) electrons. The summed E-state index contributed by atoms with van der Waals surface area (Å²) >= 11 is 0. The van der Waals surface area contributed by atoms with Gasteiger partial charge in [-0.25, -0.2) is 9.97 Å². The van der Waals surface area contributed by atoms with Crippen molar-refractivity contribution in [2.75, 3.05) is 6.61 Å². The second-order valence-electron chi connectivity index (χ2n) is 9.78. The van der Waals surface area contributed by atoms with E-state index in [9.17, 15) is 26.3 Å². The van der Waals surface area contributed by atoms with Gasteiger partial charge in [-0.15, -0.1) is 0 Å². The first kappa shape index (κ1) is 32.8. The zero-order valence-electron chi connectivity index (χ0n) is 22.8. The molecular weight excluding hydrogens is 522 g/mol. The van der Waals surface area contributed by atoms with Gasteiger partial charge in [-0.2, -0.15) is 26.3 Å². The minimum atomic E-state index is -5.89. The van der Waals surface area contributed by atoms with Crippen LogP contribution < -0.4 is 4.74 Å². The molecule has 2 rings (SSSR count). The molecule has 0 aliphatic carbocycles. The fraction of sp³-hybridized carbons (Fsp3) is 0.655. The highest BCUT2D eigenvalue weighted by atomic mass is 19.4. The maximum atomic E-state index is 14.1. The van der Waals surface area contributed by atoms with Crippen molar-refractivity contribution in [2.24, 2.45) is 0 Å². The molecule has 220 valence electrons. The van der Waals surface area contributed by atoms with Crippen molar-refractivity contribution in [3.63, 3.8) is 0 Å². The molecule has 1 aromatic carbocycles. The summed E-state index contributed by atoms with van der Waals surface area (Å²) in [6, 6.07) is 4.53. The molecular formula is C29H40F6N2O2. The summed E-state index contributed by atoms with van der Waals surface area (Å²) in [7, 11) is 0. The Kier molecular flexibility index (Phi) is 13.5. The zero-order valence-corrected chi connectivity index (χ0v) is 22.8. The highest BCUT2D eigenvalue weighted by Gasteiger charge is 2.75. The molecule has 0 saturated heterocycles. The van der Waals surface area contributed by atoms with Crippen molar-refractivity contribution in [1.82, 2.24) is 9.97 Å². The Morgan fingerprint density at radius 2 is 1.15 bits per heavy atom. The lowest BCUT2D eigenvalue weighted by molar-refractivity contribution is -0.434. The van der Waals surface area contributed by atoms with Gasteiger partial charge in [0.15, 0.2) is 5.82 Å². The fourth-order valence-electron chi connectivity index (χ4n) is 3.97. The lowest BCUT2D eigenvalue weighted by Crippen LogP contribution is -2.58. The third-order valence-corrected chi connectivity index (χ3v) is 6.40. The predicted molar refractivity (Wildman–Crippen MR) is 139 cm³/mol. The molecule has 0 atom stereocenters. The van der Waals surface area contributed by atoms with E-state index in [1.54, 1.807) is 12.4 Å². The maximum absolute atomic E-state index is 14.1. The molecule has 0 N–H and O–H groups in total. The van der Waals surface area contributed by atoms with Crippen molar-refractivity contribution in [1.29, 1.82) is 0 Å². The number of alkyl halides is 6. The predicted octanol–water partition coefficient (Wildman–Crippen LogP) is 9.62.